The molecule has 0 saturated heterocycles. The smallest absolute Gasteiger partial charge is 0.0459 e. The van der Waals surface area contributed by atoms with Gasteiger partial charge in [-0.15, -0.1) is 0 Å². The number of nitrogens with one attached hydrogen (secondary N) is 1. The molecule has 0 unspecified atom stereocenters. The Balaban J connectivity index is 2.67. The van der Waals surface area contributed by atoms with Crippen molar-refractivity contribution in [3.8, 4) is 0 Å². The predicted octanol–water partition coefficient (Wildman–Crippen LogP) is 3.56. The number of nitrogens with two attached hydrogens (primary N) is 1. The van der Waals surface area contributed by atoms with Crippen LogP contribution in [-0.4, -0.2) is 11.5 Å². The Hall–Kier alpha value is -0.800. The first-order valence-corrected chi connectivity index (χ1v) is 6.43. The van der Waals surface area contributed by atoms with Crippen molar-refractivity contribution in [2.75, 3.05) is 6.54 Å². The molecule has 1 heterocycles. The monoisotopic (exact) mass is 280 g/mol. The molecule has 2 nitrogen and oxygen atoms in total. The zero-order valence-electron chi connectivity index (χ0n) is 9.68. The van der Waals surface area contributed by atoms with E-state index < -0.39 is 0 Å². The molecule has 1 aromatic carbocycles. The number of hydrogen-bond acceptors (Lipinski definition) is 1. The van der Waals surface area contributed by atoms with Crippen LogP contribution in [0.4, 0.5) is 0 Å². The largest absolute Gasteiger partial charge is 0.358 e. The molecule has 2 aromatic rings. The fourth-order valence-electron chi connectivity index (χ4n) is 2.15. The third-order valence-corrected chi connectivity index (χ3v) is 3.37. The van der Waals surface area contributed by atoms with Crippen LogP contribution in [0.15, 0.2) is 22.7 Å². The van der Waals surface area contributed by atoms with Crippen LogP contribution in [0.2, 0.25) is 0 Å². The Morgan fingerprint density at radius 2 is 2.12 bits per heavy atom. The van der Waals surface area contributed by atoms with E-state index in [9.17, 15) is 0 Å². The van der Waals surface area contributed by atoms with E-state index in [1.54, 1.807) is 0 Å². The standard InChI is InChI=1S/C13H17BrN2/c1-8(2)13-10(5-6-15)11-7-9(14)3-4-12(11)16-13/h3-4,7-8,16H,5-6,15H2,1-2H3. The van der Waals surface area contributed by atoms with Crippen molar-refractivity contribution in [3.63, 3.8) is 0 Å². The average Bonchev–Trinajstić information content (AvgIpc) is 2.58. The van der Waals surface area contributed by atoms with Crippen molar-refractivity contribution < 1.29 is 0 Å². The van der Waals surface area contributed by atoms with Crippen LogP contribution in [0.1, 0.15) is 31.0 Å². The lowest BCUT2D eigenvalue weighted by molar-refractivity contribution is 0.809. The van der Waals surface area contributed by atoms with Crippen molar-refractivity contribution in [3.05, 3.63) is 33.9 Å². The lowest BCUT2D eigenvalue weighted by Gasteiger charge is -2.06. The highest BCUT2D eigenvalue weighted by Crippen LogP contribution is 2.29. The van der Waals surface area contributed by atoms with Crippen molar-refractivity contribution in [2.45, 2.75) is 26.2 Å². The van der Waals surface area contributed by atoms with Crippen LogP contribution in [0.25, 0.3) is 10.9 Å². The molecule has 0 atom stereocenters. The van der Waals surface area contributed by atoms with E-state index in [0.717, 1.165) is 10.9 Å². The number of aromatic nitrogens is 1. The summed E-state index contributed by atoms with van der Waals surface area (Å²) in [4.78, 5) is 3.50. The minimum absolute atomic E-state index is 0.507. The molecule has 86 valence electrons. The summed E-state index contributed by atoms with van der Waals surface area (Å²) >= 11 is 3.52. The second kappa shape index (κ2) is 4.60. The molecule has 0 amide bonds. The molecule has 0 bridgehead atoms. The van der Waals surface area contributed by atoms with Gasteiger partial charge in [0.05, 0.1) is 0 Å². The van der Waals surface area contributed by atoms with Gasteiger partial charge < -0.3 is 10.7 Å². The lowest BCUT2D eigenvalue weighted by Crippen LogP contribution is -2.05. The topological polar surface area (TPSA) is 41.8 Å². The minimum Gasteiger partial charge on any atom is -0.358 e. The van der Waals surface area contributed by atoms with Gasteiger partial charge in [0.2, 0.25) is 0 Å². The van der Waals surface area contributed by atoms with Crippen LogP contribution in [0.3, 0.4) is 0 Å². The molecular formula is C13H17BrN2. The maximum absolute atomic E-state index is 5.69. The first-order valence-electron chi connectivity index (χ1n) is 5.63. The van der Waals surface area contributed by atoms with E-state index in [1.807, 2.05) is 0 Å². The van der Waals surface area contributed by atoms with Crippen molar-refractivity contribution in [1.29, 1.82) is 0 Å². The molecule has 0 radical (unpaired) electrons. The maximum atomic E-state index is 5.69. The van der Waals surface area contributed by atoms with Crippen molar-refractivity contribution in [2.24, 2.45) is 5.73 Å². The zero-order chi connectivity index (χ0) is 11.7. The third kappa shape index (κ3) is 2.02. The summed E-state index contributed by atoms with van der Waals surface area (Å²) in [5, 5.41) is 1.29. The van der Waals surface area contributed by atoms with Crippen LogP contribution < -0.4 is 5.73 Å². The number of halogens is 1. The molecule has 0 fully saturated rings. The fourth-order valence-corrected chi connectivity index (χ4v) is 2.51. The van der Waals surface area contributed by atoms with Crippen LogP contribution in [0, 0.1) is 0 Å². The van der Waals surface area contributed by atoms with Gasteiger partial charge in [0, 0.05) is 21.1 Å². The zero-order valence-corrected chi connectivity index (χ0v) is 11.3. The van der Waals surface area contributed by atoms with Gasteiger partial charge in [-0.25, -0.2) is 0 Å². The number of rotatable bonds is 3. The van der Waals surface area contributed by atoms with Gasteiger partial charge in [-0.1, -0.05) is 29.8 Å². The second-order valence-electron chi connectivity index (χ2n) is 4.40. The molecule has 0 saturated carbocycles. The minimum atomic E-state index is 0.507. The Morgan fingerprint density at radius 3 is 2.75 bits per heavy atom. The fraction of sp³-hybridized carbons (Fsp3) is 0.385. The summed E-state index contributed by atoms with van der Waals surface area (Å²) in [7, 11) is 0. The molecule has 0 aliphatic heterocycles. The van der Waals surface area contributed by atoms with E-state index in [-0.39, 0.29) is 0 Å². The molecule has 0 spiro atoms. The molecule has 2 rings (SSSR count). The number of hydrogen-bond donors (Lipinski definition) is 2. The van der Waals surface area contributed by atoms with Gasteiger partial charge in [-0.3, -0.25) is 0 Å². The van der Waals surface area contributed by atoms with E-state index in [1.165, 1.54) is 22.2 Å². The Morgan fingerprint density at radius 1 is 1.38 bits per heavy atom. The van der Waals surface area contributed by atoms with E-state index in [0.29, 0.717) is 12.5 Å². The van der Waals surface area contributed by atoms with Crippen LogP contribution in [0.5, 0.6) is 0 Å². The summed E-state index contributed by atoms with van der Waals surface area (Å²) in [5.74, 6) is 0.507. The number of H-pyrrole nitrogens is 1. The van der Waals surface area contributed by atoms with Gasteiger partial charge in [-0.05, 0) is 42.6 Å². The van der Waals surface area contributed by atoms with Gasteiger partial charge in [0.15, 0.2) is 0 Å². The van der Waals surface area contributed by atoms with Gasteiger partial charge >= 0.3 is 0 Å². The molecular weight excluding hydrogens is 264 g/mol. The van der Waals surface area contributed by atoms with Crippen molar-refractivity contribution >= 4 is 26.8 Å². The Labute approximate surface area is 104 Å². The van der Waals surface area contributed by atoms with Crippen molar-refractivity contribution in [1.82, 2.24) is 4.98 Å². The SMILES string of the molecule is CC(C)c1[nH]c2ccc(Br)cc2c1CCN. The summed E-state index contributed by atoms with van der Waals surface area (Å²) in [6, 6.07) is 6.35. The van der Waals surface area contributed by atoms with E-state index in [2.05, 4.69) is 53.0 Å². The first kappa shape index (κ1) is 11.7. The second-order valence-corrected chi connectivity index (χ2v) is 5.32. The maximum Gasteiger partial charge on any atom is 0.0459 e. The first-order chi connectivity index (χ1) is 7.63. The van der Waals surface area contributed by atoms with Gasteiger partial charge in [-0.2, -0.15) is 0 Å². The van der Waals surface area contributed by atoms with E-state index >= 15 is 0 Å². The van der Waals surface area contributed by atoms with Gasteiger partial charge in [0.1, 0.15) is 0 Å². The quantitative estimate of drug-likeness (QED) is 0.887. The molecule has 3 heteroatoms. The summed E-state index contributed by atoms with van der Waals surface area (Å²) < 4.78 is 1.12. The number of benzene rings is 1. The molecule has 1 aromatic heterocycles. The molecule has 3 N–H and O–H groups in total. The third-order valence-electron chi connectivity index (χ3n) is 2.87. The molecule has 0 aliphatic carbocycles. The summed E-state index contributed by atoms with van der Waals surface area (Å²) in [6.45, 7) is 5.11. The molecule has 16 heavy (non-hydrogen) atoms. The predicted molar refractivity (Wildman–Crippen MR) is 72.8 cm³/mol. The Bertz CT molecular complexity index is 500. The highest BCUT2D eigenvalue weighted by Gasteiger charge is 2.13. The average molecular weight is 281 g/mol. The molecule has 0 aliphatic rings. The highest BCUT2D eigenvalue weighted by molar-refractivity contribution is 9.10. The lowest BCUT2D eigenvalue weighted by atomic mass is 10.0. The Kier molecular flexibility index (Phi) is 3.36. The van der Waals surface area contributed by atoms with Crippen LogP contribution >= 0.6 is 15.9 Å². The number of aromatic amines is 1. The number of fused-ring (bicyclic) bond motifs is 1. The van der Waals surface area contributed by atoms with E-state index in [4.69, 9.17) is 5.73 Å². The normalized spacial score (nSPS) is 11.6. The summed E-state index contributed by atoms with van der Waals surface area (Å²) in [5.41, 5.74) is 9.58. The summed E-state index contributed by atoms with van der Waals surface area (Å²) in [6.07, 6.45) is 0.934. The van der Waals surface area contributed by atoms with Gasteiger partial charge in [0.25, 0.3) is 0 Å². The van der Waals surface area contributed by atoms with Crippen LogP contribution in [-0.2, 0) is 6.42 Å². The highest BCUT2D eigenvalue weighted by atomic mass is 79.9.